The second-order valence-electron chi connectivity index (χ2n) is 6.37. The highest BCUT2D eigenvalue weighted by molar-refractivity contribution is 7.18. The van der Waals surface area contributed by atoms with Gasteiger partial charge in [-0.05, 0) is 44.1 Å². The molecule has 1 aliphatic carbocycles. The number of nitrogens with zero attached hydrogens (tertiary/aromatic N) is 2. The van der Waals surface area contributed by atoms with Gasteiger partial charge >= 0.3 is 0 Å². The summed E-state index contributed by atoms with van der Waals surface area (Å²) in [5.74, 6) is 2.43. The van der Waals surface area contributed by atoms with E-state index in [1.54, 1.807) is 11.3 Å². The van der Waals surface area contributed by atoms with Crippen molar-refractivity contribution in [3.05, 3.63) is 10.9 Å². The molecule has 2 aromatic rings. The molecule has 2 aromatic heterocycles. The van der Waals surface area contributed by atoms with Gasteiger partial charge in [-0.15, -0.1) is 11.3 Å². The fourth-order valence-electron chi connectivity index (χ4n) is 2.79. The van der Waals surface area contributed by atoms with Crippen molar-refractivity contribution in [1.29, 1.82) is 0 Å². The van der Waals surface area contributed by atoms with Crippen molar-refractivity contribution in [2.75, 3.05) is 23.7 Å². The average Bonchev–Trinajstić information content (AvgIpc) is 3.13. The molecular formula is C16H24N4S. The van der Waals surface area contributed by atoms with Crippen LogP contribution < -0.4 is 10.6 Å². The van der Waals surface area contributed by atoms with Gasteiger partial charge in [0.25, 0.3) is 0 Å². The van der Waals surface area contributed by atoms with Crippen molar-refractivity contribution >= 4 is 33.3 Å². The molecule has 114 valence electrons. The molecule has 0 aliphatic heterocycles. The maximum atomic E-state index is 4.67. The van der Waals surface area contributed by atoms with Crippen LogP contribution in [0.4, 0.5) is 11.8 Å². The molecule has 1 fully saturated rings. The number of aromatic nitrogens is 2. The average molecular weight is 304 g/mol. The molecule has 21 heavy (non-hydrogen) atoms. The summed E-state index contributed by atoms with van der Waals surface area (Å²) in [6.07, 6.45) is 2.66. The molecule has 2 N–H and O–H groups in total. The van der Waals surface area contributed by atoms with E-state index in [1.165, 1.54) is 17.7 Å². The van der Waals surface area contributed by atoms with E-state index in [1.807, 2.05) is 0 Å². The first-order valence-corrected chi connectivity index (χ1v) is 8.61. The number of rotatable bonds is 6. The van der Waals surface area contributed by atoms with Crippen molar-refractivity contribution in [2.24, 2.45) is 11.3 Å². The summed E-state index contributed by atoms with van der Waals surface area (Å²) in [6.45, 7) is 10.7. The van der Waals surface area contributed by atoms with Crippen molar-refractivity contribution in [3.8, 4) is 0 Å². The number of thiophene rings is 1. The van der Waals surface area contributed by atoms with Crippen LogP contribution >= 0.6 is 11.3 Å². The second-order valence-corrected chi connectivity index (χ2v) is 7.61. The van der Waals surface area contributed by atoms with Crippen LogP contribution in [0, 0.1) is 18.3 Å². The Morgan fingerprint density at radius 3 is 2.67 bits per heavy atom. The molecular weight excluding hydrogens is 280 g/mol. The van der Waals surface area contributed by atoms with E-state index in [0.29, 0.717) is 5.41 Å². The minimum Gasteiger partial charge on any atom is -0.369 e. The topological polar surface area (TPSA) is 49.8 Å². The summed E-state index contributed by atoms with van der Waals surface area (Å²) in [5, 5.41) is 7.98. The van der Waals surface area contributed by atoms with Gasteiger partial charge in [0, 0.05) is 18.0 Å². The van der Waals surface area contributed by atoms with Crippen LogP contribution in [0.3, 0.4) is 0 Å². The first-order valence-electron chi connectivity index (χ1n) is 7.80. The molecule has 0 atom stereocenters. The first kappa shape index (κ1) is 14.6. The quantitative estimate of drug-likeness (QED) is 0.836. The summed E-state index contributed by atoms with van der Waals surface area (Å²) in [5.41, 5.74) is 0.473. The molecule has 0 unspecified atom stereocenters. The van der Waals surface area contributed by atoms with Gasteiger partial charge in [-0.2, -0.15) is 4.98 Å². The second kappa shape index (κ2) is 5.44. The summed E-state index contributed by atoms with van der Waals surface area (Å²) in [6, 6.07) is 2.19. The molecule has 0 aromatic carbocycles. The predicted octanol–water partition coefficient (Wildman–Crippen LogP) is 4.28. The lowest BCUT2D eigenvalue weighted by molar-refractivity contribution is 0.380. The van der Waals surface area contributed by atoms with Crippen LogP contribution in [0.2, 0.25) is 0 Å². The Labute approximate surface area is 130 Å². The Bertz CT molecular complexity index is 643. The normalized spacial score (nSPS) is 16.4. The molecule has 1 aliphatic rings. The van der Waals surface area contributed by atoms with Gasteiger partial charge in [-0.3, -0.25) is 0 Å². The van der Waals surface area contributed by atoms with Gasteiger partial charge in [-0.1, -0.05) is 13.8 Å². The highest BCUT2D eigenvalue weighted by atomic mass is 32.1. The Balaban J connectivity index is 1.88. The first-order chi connectivity index (χ1) is 10.0. The minimum atomic E-state index is 0.473. The minimum absolute atomic E-state index is 0.473. The highest BCUT2D eigenvalue weighted by Crippen LogP contribution is 2.51. The summed E-state index contributed by atoms with van der Waals surface area (Å²) >= 11 is 1.73. The molecule has 0 spiro atoms. The van der Waals surface area contributed by atoms with E-state index in [-0.39, 0.29) is 0 Å². The lowest BCUT2D eigenvalue weighted by atomic mass is 9.92. The molecule has 0 radical (unpaired) electrons. The van der Waals surface area contributed by atoms with Crippen molar-refractivity contribution < 1.29 is 0 Å². The van der Waals surface area contributed by atoms with E-state index in [2.05, 4.69) is 54.4 Å². The summed E-state index contributed by atoms with van der Waals surface area (Å²) in [4.78, 5) is 11.6. The number of nitrogens with one attached hydrogen (secondary N) is 2. The van der Waals surface area contributed by atoms with Crippen molar-refractivity contribution in [3.63, 3.8) is 0 Å². The molecule has 2 heterocycles. The van der Waals surface area contributed by atoms with E-state index >= 15 is 0 Å². The lowest BCUT2D eigenvalue weighted by Crippen LogP contribution is -2.21. The van der Waals surface area contributed by atoms with Crippen LogP contribution in [0.1, 0.15) is 38.5 Å². The van der Waals surface area contributed by atoms with Crippen LogP contribution in [0.15, 0.2) is 6.07 Å². The standard InChI is InChI=1S/C16H24N4S/c1-5-17-15-19-13(12-8-11(4)21-14(12)20-15)18-9-16(6-7-16)10(2)3/h8,10H,5-7,9H2,1-4H3,(H2,17,18,19,20). The van der Waals surface area contributed by atoms with E-state index in [0.717, 1.165) is 41.0 Å². The van der Waals surface area contributed by atoms with Gasteiger partial charge in [0.1, 0.15) is 10.6 Å². The number of hydrogen-bond acceptors (Lipinski definition) is 5. The smallest absolute Gasteiger partial charge is 0.226 e. The molecule has 0 bridgehead atoms. The lowest BCUT2D eigenvalue weighted by Gasteiger charge is -2.20. The van der Waals surface area contributed by atoms with Crippen molar-refractivity contribution in [2.45, 2.75) is 40.5 Å². The van der Waals surface area contributed by atoms with E-state index < -0.39 is 0 Å². The molecule has 1 saturated carbocycles. The zero-order chi connectivity index (χ0) is 15.0. The Morgan fingerprint density at radius 1 is 1.29 bits per heavy atom. The molecule has 4 nitrogen and oxygen atoms in total. The fourth-order valence-corrected chi connectivity index (χ4v) is 3.67. The third kappa shape index (κ3) is 2.84. The number of hydrogen-bond donors (Lipinski definition) is 2. The Kier molecular flexibility index (Phi) is 3.78. The zero-order valence-corrected chi connectivity index (χ0v) is 14.1. The third-order valence-electron chi connectivity index (χ3n) is 4.58. The zero-order valence-electron chi connectivity index (χ0n) is 13.3. The fraction of sp³-hybridized carbons (Fsp3) is 0.625. The number of aryl methyl sites for hydroxylation is 1. The molecule has 0 saturated heterocycles. The number of fused-ring (bicyclic) bond motifs is 1. The molecule has 3 rings (SSSR count). The maximum Gasteiger partial charge on any atom is 0.226 e. The maximum absolute atomic E-state index is 4.67. The van der Waals surface area contributed by atoms with Crippen LogP contribution in [-0.2, 0) is 0 Å². The summed E-state index contributed by atoms with van der Waals surface area (Å²) < 4.78 is 0. The molecule has 0 amide bonds. The SMILES string of the molecule is CCNc1nc(NCC2(C(C)C)CC2)c2cc(C)sc2n1. The predicted molar refractivity (Wildman–Crippen MR) is 91.3 cm³/mol. The van der Waals surface area contributed by atoms with Gasteiger partial charge < -0.3 is 10.6 Å². The third-order valence-corrected chi connectivity index (χ3v) is 5.52. The van der Waals surface area contributed by atoms with Gasteiger partial charge in [0.05, 0.1) is 5.39 Å². The Hall–Kier alpha value is -1.36. The van der Waals surface area contributed by atoms with Crippen molar-refractivity contribution in [1.82, 2.24) is 9.97 Å². The van der Waals surface area contributed by atoms with Crippen LogP contribution in [0.25, 0.3) is 10.2 Å². The van der Waals surface area contributed by atoms with E-state index in [9.17, 15) is 0 Å². The van der Waals surface area contributed by atoms with Gasteiger partial charge in [0.15, 0.2) is 0 Å². The Morgan fingerprint density at radius 2 is 2.05 bits per heavy atom. The number of anilines is 2. The van der Waals surface area contributed by atoms with E-state index in [4.69, 9.17) is 0 Å². The van der Waals surface area contributed by atoms with Crippen LogP contribution in [-0.4, -0.2) is 23.1 Å². The molecule has 5 heteroatoms. The van der Waals surface area contributed by atoms with Crippen LogP contribution in [0.5, 0.6) is 0 Å². The van der Waals surface area contributed by atoms with Gasteiger partial charge in [-0.25, -0.2) is 4.98 Å². The highest BCUT2D eigenvalue weighted by Gasteiger charge is 2.45. The monoisotopic (exact) mass is 304 g/mol. The summed E-state index contributed by atoms with van der Waals surface area (Å²) in [7, 11) is 0. The van der Waals surface area contributed by atoms with Gasteiger partial charge in [0.2, 0.25) is 5.95 Å². The largest absolute Gasteiger partial charge is 0.369 e.